The Morgan fingerprint density at radius 1 is 0.923 bits per heavy atom. The Morgan fingerprint density at radius 3 is 2.15 bits per heavy atom. The third-order valence-corrected chi connectivity index (χ3v) is 3.55. The fraction of sp³-hybridized carbons (Fsp3) is 0.333. The van der Waals surface area contributed by atoms with Crippen molar-refractivity contribution in [3.8, 4) is 5.75 Å². The highest BCUT2D eigenvalue weighted by atomic mass is 16.5. The minimum absolute atomic E-state index is 0.0279. The normalized spacial score (nSPS) is 11.2. The van der Waals surface area contributed by atoms with E-state index in [-0.39, 0.29) is 17.9 Å². The monoisotopic (exact) mass is 354 g/mol. The smallest absolute Gasteiger partial charge is 0.259 e. The second-order valence-electron chi connectivity index (χ2n) is 7.40. The van der Waals surface area contributed by atoms with E-state index >= 15 is 0 Å². The van der Waals surface area contributed by atoms with Crippen LogP contribution >= 0.6 is 0 Å². The summed E-state index contributed by atoms with van der Waals surface area (Å²) < 4.78 is 5.70. The summed E-state index contributed by atoms with van der Waals surface area (Å²) in [7, 11) is 0. The van der Waals surface area contributed by atoms with E-state index in [1.54, 1.807) is 42.5 Å². The Hall–Kier alpha value is -2.82. The summed E-state index contributed by atoms with van der Waals surface area (Å²) in [6, 6.07) is 14.2. The number of hydrogen-bond acceptors (Lipinski definition) is 3. The van der Waals surface area contributed by atoms with Gasteiger partial charge in [-0.05, 0) is 44.2 Å². The SMILES string of the molecule is CC(C)Oc1ccccc1C(=O)Nc1cccc(NC(=O)C(C)(C)C)c1. The lowest BCUT2D eigenvalue weighted by Crippen LogP contribution is -2.27. The van der Waals surface area contributed by atoms with Gasteiger partial charge in [-0.3, -0.25) is 9.59 Å². The van der Waals surface area contributed by atoms with Gasteiger partial charge < -0.3 is 15.4 Å². The number of carbonyl (C=O) groups excluding carboxylic acids is 2. The highest BCUT2D eigenvalue weighted by molar-refractivity contribution is 6.06. The summed E-state index contributed by atoms with van der Waals surface area (Å²) in [5.41, 5.74) is 1.20. The Morgan fingerprint density at radius 2 is 1.54 bits per heavy atom. The molecule has 0 aliphatic carbocycles. The van der Waals surface area contributed by atoms with E-state index in [0.29, 0.717) is 22.7 Å². The topological polar surface area (TPSA) is 67.4 Å². The average Bonchev–Trinajstić information content (AvgIpc) is 2.54. The zero-order valence-electron chi connectivity index (χ0n) is 15.9. The molecule has 26 heavy (non-hydrogen) atoms. The molecule has 2 aromatic carbocycles. The third-order valence-electron chi connectivity index (χ3n) is 3.55. The summed E-state index contributed by atoms with van der Waals surface area (Å²) in [5.74, 6) is 0.189. The van der Waals surface area contributed by atoms with E-state index in [0.717, 1.165) is 0 Å². The zero-order valence-corrected chi connectivity index (χ0v) is 15.9. The molecule has 0 aromatic heterocycles. The first kappa shape index (κ1) is 19.5. The Kier molecular flexibility index (Phi) is 6.03. The van der Waals surface area contributed by atoms with Crippen LogP contribution in [0.3, 0.4) is 0 Å². The molecule has 0 aliphatic rings. The number of hydrogen-bond donors (Lipinski definition) is 2. The highest BCUT2D eigenvalue weighted by Gasteiger charge is 2.21. The maximum absolute atomic E-state index is 12.6. The van der Waals surface area contributed by atoms with Gasteiger partial charge in [0.1, 0.15) is 5.75 Å². The van der Waals surface area contributed by atoms with Gasteiger partial charge >= 0.3 is 0 Å². The van der Waals surface area contributed by atoms with Gasteiger partial charge in [0, 0.05) is 16.8 Å². The van der Waals surface area contributed by atoms with Crippen LogP contribution < -0.4 is 15.4 Å². The molecular formula is C21H26N2O3. The van der Waals surface area contributed by atoms with Gasteiger partial charge in [-0.25, -0.2) is 0 Å². The van der Waals surface area contributed by atoms with E-state index < -0.39 is 5.41 Å². The first-order chi connectivity index (χ1) is 12.2. The van der Waals surface area contributed by atoms with E-state index in [1.807, 2.05) is 40.7 Å². The molecule has 5 heteroatoms. The molecule has 2 amide bonds. The number of amides is 2. The summed E-state index contributed by atoms with van der Waals surface area (Å²) in [4.78, 5) is 24.8. The Labute approximate surface area is 154 Å². The molecule has 2 rings (SSSR count). The quantitative estimate of drug-likeness (QED) is 0.817. The van der Waals surface area contributed by atoms with Gasteiger partial charge in [-0.2, -0.15) is 0 Å². The largest absolute Gasteiger partial charge is 0.490 e. The summed E-state index contributed by atoms with van der Waals surface area (Å²) in [6.07, 6.45) is -0.0279. The van der Waals surface area contributed by atoms with Crippen molar-refractivity contribution in [3.63, 3.8) is 0 Å². The lowest BCUT2D eigenvalue weighted by atomic mass is 9.95. The fourth-order valence-corrected chi connectivity index (χ4v) is 2.20. The lowest BCUT2D eigenvalue weighted by Gasteiger charge is -2.18. The fourth-order valence-electron chi connectivity index (χ4n) is 2.20. The van der Waals surface area contributed by atoms with Crippen LogP contribution in [0, 0.1) is 5.41 Å². The van der Waals surface area contributed by atoms with Gasteiger partial charge in [0.25, 0.3) is 5.91 Å². The lowest BCUT2D eigenvalue weighted by molar-refractivity contribution is -0.123. The van der Waals surface area contributed by atoms with Crippen molar-refractivity contribution < 1.29 is 14.3 Å². The van der Waals surface area contributed by atoms with Gasteiger partial charge in [0.2, 0.25) is 5.91 Å². The number of rotatable bonds is 5. The maximum atomic E-state index is 12.6. The third kappa shape index (κ3) is 5.34. The van der Waals surface area contributed by atoms with Crippen LogP contribution in [-0.2, 0) is 4.79 Å². The molecule has 138 valence electrons. The van der Waals surface area contributed by atoms with Crippen molar-refractivity contribution >= 4 is 23.2 Å². The van der Waals surface area contributed by atoms with E-state index in [1.165, 1.54) is 0 Å². The molecule has 0 unspecified atom stereocenters. The minimum atomic E-state index is -0.494. The van der Waals surface area contributed by atoms with Gasteiger partial charge in [-0.1, -0.05) is 39.0 Å². The predicted molar refractivity (Wildman–Crippen MR) is 105 cm³/mol. The molecule has 5 nitrogen and oxygen atoms in total. The zero-order chi connectivity index (χ0) is 19.3. The van der Waals surface area contributed by atoms with E-state index in [9.17, 15) is 9.59 Å². The molecular weight excluding hydrogens is 328 g/mol. The average molecular weight is 354 g/mol. The Balaban J connectivity index is 2.15. The van der Waals surface area contributed by atoms with E-state index in [2.05, 4.69) is 10.6 Å². The maximum Gasteiger partial charge on any atom is 0.259 e. The number of nitrogens with one attached hydrogen (secondary N) is 2. The predicted octanol–water partition coefficient (Wildman–Crippen LogP) is 4.71. The van der Waals surface area contributed by atoms with Crippen LogP contribution in [0.5, 0.6) is 5.75 Å². The van der Waals surface area contributed by atoms with Crippen molar-refractivity contribution in [1.82, 2.24) is 0 Å². The van der Waals surface area contributed by atoms with Crippen LogP contribution in [0.1, 0.15) is 45.0 Å². The van der Waals surface area contributed by atoms with E-state index in [4.69, 9.17) is 4.74 Å². The van der Waals surface area contributed by atoms with Crippen LogP contribution in [0.2, 0.25) is 0 Å². The molecule has 0 heterocycles. The number of benzene rings is 2. The first-order valence-electron chi connectivity index (χ1n) is 8.65. The molecule has 2 N–H and O–H groups in total. The minimum Gasteiger partial charge on any atom is -0.490 e. The number of carbonyl (C=O) groups is 2. The summed E-state index contributed by atoms with van der Waals surface area (Å²) in [6.45, 7) is 9.37. The van der Waals surface area contributed by atoms with Crippen LogP contribution in [0.25, 0.3) is 0 Å². The van der Waals surface area contributed by atoms with Crippen molar-refractivity contribution in [2.75, 3.05) is 10.6 Å². The molecule has 0 bridgehead atoms. The number of ether oxygens (including phenoxy) is 1. The molecule has 0 atom stereocenters. The second kappa shape index (κ2) is 8.04. The molecule has 0 aliphatic heterocycles. The van der Waals surface area contributed by atoms with Gasteiger partial charge in [0.05, 0.1) is 11.7 Å². The van der Waals surface area contributed by atoms with Crippen molar-refractivity contribution in [1.29, 1.82) is 0 Å². The van der Waals surface area contributed by atoms with Gasteiger partial charge in [0.15, 0.2) is 0 Å². The summed E-state index contributed by atoms with van der Waals surface area (Å²) >= 11 is 0. The van der Waals surface area contributed by atoms with Crippen molar-refractivity contribution in [3.05, 3.63) is 54.1 Å². The van der Waals surface area contributed by atoms with Crippen LogP contribution in [0.15, 0.2) is 48.5 Å². The van der Waals surface area contributed by atoms with Crippen molar-refractivity contribution in [2.45, 2.75) is 40.7 Å². The number of anilines is 2. The molecule has 0 fully saturated rings. The first-order valence-corrected chi connectivity index (χ1v) is 8.65. The summed E-state index contributed by atoms with van der Waals surface area (Å²) in [5, 5.41) is 5.71. The Bertz CT molecular complexity index is 792. The van der Waals surface area contributed by atoms with Gasteiger partial charge in [-0.15, -0.1) is 0 Å². The molecule has 0 saturated carbocycles. The highest BCUT2D eigenvalue weighted by Crippen LogP contribution is 2.23. The molecule has 0 spiro atoms. The number of para-hydroxylation sites is 1. The molecule has 2 aromatic rings. The molecule has 0 radical (unpaired) electrons. The second-order valence-corrected chi connectivity index (χ2v) is 7.40. The standard InChI is InChI=1S/C21H26N2O3/c1-14(2)26-18-12-7-6-11-17(18)19(24)22-15-9-8-10-16(13-15)23-20(25)21(3,4)5/h6-14H,1-5H3,(H,22,24)(H,23,25). The van der Waals surface area contributed by atoms with Crippen molar-refractivity contribution in [2.24, 2.45) is 5.41 Å². The van der Waals surface area contributed by atoms with Crippen LogP contribution in [0.4, 0.5) is 11.4 Å². The molecule has 0 saturated heterocycles. The van der Waals surface area contributed by atoms with Crippen LogP contribution in [-0.4, -0.2) is 17.9 Å².